The zero-order valence-corrected chi connectivity index (χ0v) is 24.3. The van der Waals surface area contributed by atoms with Crippen molar-refractivity contribution < 1.29 is 33.3 Å². The summed E-state index contributed by atoms with van der Waals surface area (Å²) < 4.78 is 20.7. The minimum absolute atomic E-state index is 0.201. The molecule has 1 amide bonds. The minimum Gasteiger partial charge on any atom is -0.466 e. The zero-order valence-electron chi connectivity index (χ0n) is 22.6. The third-order valence-electron chi connectivity index (χ3n) is 5.35. The number of hydrogen-bond donors (Lipinski definition) is 1. The number of amides is 1. The summed E-state index contributed by atoms with van der Waals surface area (Å²) in [7, 11) is 2.65. The van der Waals surface area contributed by atoms with Crippen LogP contribution in [0, 0.1) is 0 Å². The molecular formula is C27H39NO7S2. The Morgan fingerprint density at radius 1 is 0.865 bits per heavy atom. The average Bonchev–Trinajstić information content (AvgIpc) is 2.86. The van der Waals surface area contributed by atoms with E-state index >= 15 is 0 Å². The van der Waals surface area contributed by atoms with Crippen molar-refractivity contribution in [2.75, 3.05) is 50.4 Å². The molecule has 0 spiro atoms. The molecule has 0 saturated carbocycles. The van der Waals surface area contributed by atoms with E-state index in [2.05, 4.69) is 27.9 Å². The largest absolute Gasteiger partial charge is 0.466 e. The molecule has 0 aromatic heterocycles. The van der Waals surface area contributed by atoms with Gasteiger partial charge in [0.2, 0.25) is 0 Å². The second-order valence-corrected chi connectivity index (χ2v) is 11.3. The second-order valence-electron chi connectivity index (χ2n) is 9.12. The molecule has 0 atom stereocenters. The van der Waals surface area contributed by atoms with Crippen molar-refractivity contribution in [1.82, 2.24) is 5.32 Å². The van der Waals surface area contributed by atoms with Crippen molar-refractivity contribution in [3.05, 3.63) is 59.7 Å². The van der Waals surface area contributed by atoms with Crippen LogP contribution in [0.1, 0.15) is 38.8 Å². The molecule has 0 fully saturated rings. The SMILES string of the molecule is C=C(CSCCOC(=O)NC(C)(C)c1cccc(C(C)(C)OCCSCC(=C)C(=O)OC)c1)C(=O)OC. The first kappa shape index (κ1) is 32.6. The number of carbonyl (C=O) groups excluding carboxylic acids is 3. The summed E-state index contributed by atoms with van der Waals surface area (Å²) >= 11 is 2.99. The molecule has 0 saturated heterocycles. The van der Waals surface area contributed by atoms with E-state index in [1.807, 2.05) is 52.0 Å². The van der Waals surface area contributed by atoms with Crippen molar-refractivity contribution in [2.45, 2.75) is 38.8 Å². The Labute approximate surface area is 228 Å². The van der Waals surface area contributed by atoms with Crippen molar-refractivity contribution in [3.63, 3.8) is 0 Å². The number of rotatable bonds is 16. The Hall–Kier alpha value is -2.43. The van der Waals surface area contributed by atoms with Gasteiger partial charge in [0.15, 0.2) is 0 Å². The van der Waals surface area contributed by atoms with Gasteiger partial charge in [-0.15, -0.1) is 0 Å². The monoisotopic (exact) mass is 553 g/mol. The predicted molar refractivity (Wildman–Crippen MR) is 150 cm³/mol. The van der Waals surface area contributed by atoms with Gasteiger partial charge in [0.05, 0.1) is 32.0 Å². The smallest absolute Gasteiger partial charge is 0.407 e. The van der Waals surface area contributed by atoms with Crippen LogP contribution in [-0.4, -0.2) is 68.5 Å². The van der Waals surface area contributed by atoms with E-state index in [0.29, 0.717) is 40.8 Å². The van der Waals surface area contributed by atoms with Crippen molar-refractivity contribution in [1.29, 1.82) is 0 Å². The maximum atomic E-state index is 12.4. The Morgan fingerprint density at radius 3 is 1.92 bits per heavy atom. The van der Waals surface area contributed by atoms with Crippen molar-refractivity contribution in [2.24, 2.45) is 0 Å². The van der Waals surface area contributed by atoms with Crippen LogP contribution in [-0.2, 0) is 39.7 Å². The molecule has 10 heteroatoms. The van der Waals surface area contributed by atoms with Crippen LogP contribution in [0.2, 0.25) is 0 Å². The molecule has 0 aliphatic heterocycles. The van der Waals surface area contributed by atoms with Gasteiger partial charge in [-0.3, -0.25) is 0 Å². The Morgan fingerprint density at radius 2 is 1.38 bits per heavy atom. The molecule has 0 aliphatic rings. The molecule has 1 N–H and O–H groups in total. The molecule has 8 nitrogen and oxygen atoms in total. The summed E-state index contributed by atoms with van der Waals surface area (Å²) in [6.07, 6.45) is -0.524. The second kappa shape index (κ2) is 15.7. The van der Waals surface area contributed by atoms with E-state index in [4.69, 9.17) is 9.47 Å². The van der Waals surface area contributed by atoms with Gasteiger partial charge in [-0.1, -0.05) is 37.4 Å². The van der Waals surface area contributed by atoms with Gasteiger partial charge >= 0.3 is 18.0 Å². The van der Waals surface area contributed by atoms with Crippen LogP contribution in [0.5, 0.6) is 0 Å². The van der Waals surface area contributed by atoms with Crippen molar-refractivity contribution >= 4 is 41.6 Å². The zero-order chi connectivity index (χ0) is 28.1. The van der Waals surface area contributed by atoms with E-state index in [0.717, 1.165) is 11.1 Å². The number of nitrogens with one attached hydrogen (secondary N) is 1. The van der Waals surface area contributed by atoms with Gasteiger partial charge in [-0.2, -0.15) is 23.5 Å². The molecular weight excluding hydrogens is 514 g/mol. The minimum atomic E-state index is -0.681. The normalized spacial score (nSPS) is 11.4. The highest BCUT2D eigenvalue weighted by molar-refractivity contribution is 7.99. The fourth-order valence-electron chi connectivity index (χ4n) is 3.08. The molecule has 206 valence electrons. The third-order valence-corrected chi connectivity index (χ3v) is 7.36. The van der Waals surface area contributed by atoms with E-state index in [1.54, 1.807) is 11.8 Å². The highest BCUT2D eigenvalue weighted by Crippen LogP contribution is 2.29. The fraction of sp³-hybridized carbons (Fsp3) is 0.519. The molecule has 37 heavy (non-hydrogen) atoms. The first-order valence-corrected chi connectivity index (χ1v) is 14.0. The number of methoxy groups -OCH3 is 2. The van der Waals surface area contributed by atoms with Crippen LogP contribution < -0.4 is 5.32 Å². The van der Waals surface area contributed by atoms with E-state index in [-0.39, 0.29) is 6.61 Å². The fourth-order valence-corrected chi connectivity index (χ4v) is 4.50. The molecule has 0 aliphatic carbocycles. The van der Waals surface area contributed by atoms with Crippen molar-refractivity contribution in [3.8, 4) is 0 Å². The van der Waals surface area contributed by atoms with Gasteiger partial charge in [0.25, 0.3) is 0 Å². The lowest BCUT2D eigenvalue weighted by atomic mass is 9.89. The van der Waals surface area contributed by atoms with Gasteiger partial charge in [0.1, 0.15) is 6.61 Å². The van der Waals surface area contributed by atoms with Gasteiger partial charge < -0.3 is 24.3 Å². The molecule has 0 heterocycles. The summed E-state index contributed by atoms with van der Waals surface area (Å²) in [5.74, 6) is 1.29. The van der Waals surface area contributed by atoms with E-state index in [1.165, 1.54) is 26.0 Å². The lowest BCUT2D eigenvalue weighted by Gasteiger charge is -2.30. The third kappa shape index (κ3) is 11.7. The number of alkyl carbamates (subject to hydrolysis) is 1. The molecule has 1 aromatic carbocycles. The summed E-state index contributed by atoms with van der Waals surface area (Å²) in [6.45, 7) is 15.9. The predicted octanol–water partition coefficient (Wildman–Crippen LogP) is 4.82. The van der Waals surface area contributed by atoms with Crippen LogP contribution in [0.15, 0.2) is 48.6 Å². The number of esters is 2. The molecule has 0 bridgehead atoms. The maximum Gasteiger partial charge on any atom is 0.407 e. The number of benzene rings is 1. The molecule has 0 radical (unpaired) electrons. The van der Waals surface area contributed by atoms with Gasteiger partial charge in [-0.25, -0.2) is 14.4 Å². The lowest BCUT2D eigenvalue weighted by molar-refractivity contribution is -0.136. The first-order valence-electron chi connectivity index (χ1n) is 11.7. The Bertz CT molecular complexity index is 960. The summed E-state index contributed by atoms with van der Waals surface area (Å²) in [4.78, 5) is 35.1. The Balaban J connectivity index is 2.56. The molecule has 0 unspecified atom stereocenters. The maximum absolute atomic E-state index is 12.4. The quantitative estimate of drug-likeness (QED) is 0.134. The van der Waals surface area contributed by atoms with Crippen LogP contribution in [0.4, 0.5) is 4.79 Å². The summed E-state index contributed by atoms with van der Waals surface area (Å²) in [6, 6.07) is 7.89. The highest BCUT2D eigenvalue weighted by Gasteiger charge is 2.27. The number of hydrogen-bond acceptors (Lipinski definition) is 9. The first-order chi connectivity index (χ1) is 17.3. The molecule has 1 rings (SSSR count). The Kier molecular flexibility index (Phi) is 13.9. The van der Waals surface area contributed by atoms with Crippen LogP contribution in [0.3, 0.4) is 0 Å². The average molecular weight is 554 g/mol. The topological polar surface area (TPSA) is 100 Å². The highest BCUT2D eigenvalue weighted by atomic mass is 32.2. The summed E-state index contributed by atoms with van der Waals surface area (Å²) in [5.41, 5.74) is 1.44. The van der Waals surface area contributed by atoms with Gasteiger partial charge in [-0.05, 0) is 38.8 Å². The number of ether oxygens (including phenoxy) is 4. The number of thioether (sulfide) groups is 2. The number of carbonyl (C=O) groups is 3. The van der Waals surface area contributed by atoms with E-state index < -0.39 is 29.2 Å². The lowest BCUT2D eigenvalue weighted by Crippen LogP contribution is -2.41. The summed E-state index contributed by atoms with van der Waals surface area (Å²) in [5, 5.41) is 2.91. The standard InChI is InChI=1S/C27H39NO7S2/c1-19(23(29)32-7)17-36-14-12-34-25(31)28-26(3,4)21-10-9-11-22(16-21)27(5,6)35-13-15-37-18-20(2)24(30)33-8/h9-11,16H,1-2,12-15,17-18H2,3-8H3,(H,28,31). The van der Waals surface area contributed by atoms with Crippen LogP contribution >= 0.6 is 23.5 Å². The van der Waals surface area contributed by atoms with Gasteiger partial charge in [0, 0.05) is 34.2 Å². The molecule has 1 aromatic rings. The van der Waals surface area contributed by atoms with E-state index in [9.17, 15) is 14.4 Å². The van der Waals surface area contributed by atoms with Crippen LogP contribution in [0.25, 0.3) is 0 Å².